The van der Waals surface area contributed by atoms with Crippen LogP contribution in [0.2, 0.25) is 0 Å². The molecule has 0 saturated heterocycles. The van der Waals surface area contributed by atoms with Crippen molar-refractivity contribution in [3.8, 4) is 0 Å². The molecule has 2 aliphatic rings. The van der Waals surface area contributed by atoms with Crippen LogP contribution in [0.5, 0.6) is 0 Å². The van der Waals surface area contributed by atoms with Crippen molar-refractivity contribution in [2.45, 2.75) is 13.8 Å². The normalized spacial score (nSPS) is 25.3. The van der Waals surface area contributed by atoms with Crippen molar-refractivity contribution in [2.75, 3.05) is 0 Å². The van der Waals surface area contributed by atoms with Crippen LogP contribution in [0.1, 0.15) is 13.8 Å². The molecule has 2 fully saturated rings. The third-order valence-electron chi connectivity index (χ3n) is 2.77. The van der Waals surface area contributed by atoms with Gasteiger partial charge in [-0.1, -0.05) is 13.8 Å². The van der Waals surface area contributed by atoms with E-state index in [4.69, 9.17) is 0 Å². The van der Waals surface area contributed by atoms with Crippen molar-refractivity contribution >= 4 is 23.1 Å². The summed E-state index contributed by atoms with van der Waals surface area (Å²) < 4.78 is 0. The molecule has 14 heavy (non-hydrogen) atoms. The predicted molar refractivity (Wildman–Crippen MR) is 60.4 cm³/mol. The Morgan fingerprint density at radius 1 is 0.714 bits per heavy atom. The van der Waals surface area contributed by atoms with E-state index in [0.29, 0.717) is 0 Å². The second kappa shape index (κ2) is 5.20. The Hall–Kier alpha value is 0.766. The summed E-state index contributed by atoms with van der Waals surface area (Å²) in [5.41, 5.74) is 0.146. The van der Waals surface area contributed by atoms with Gasteiger partial charge in [-0.2, -0.15) is 0 Å². The molecule has 2 saturated carbocycles. The molecule has 0 spiro atoms. The van der Waals surface area contributed by atoms with Crippen molar-refractivity contribution in [3.63, 3.8) is 0 Å². The first kappa shape index (κ1) is 12.8. The molecule has 0 aromatic carbocycles. The van der Waals surface area contributed by atoms with E-state index in [1.807, 2.05) is 0 Å². The van der Waals surface area contributed by atoms with E-state index < -0.39 is 0 Å². The van der Waals surface area contributed by atoms with Gasteiger partial charge in [-0.25, -0.2) is 0 Å². The van der Waals surface area contributed by atoms with Crippen molar-refractivity contribution < 1.29 is 0 Å². The van der Waals surface area contributed by atoms with Crippen LogP contribution in [0.3, 0.4) is 0 Å². The Bertz CT molecular complexity index is 144. The minimum Gasteiger partial charge on any atom is -0.0588 e. The third-order valence-corrected chi connectivity index (χ3v) is 2.77. The van der Waals surface area contributed by atoms with E-state index in [-0.39, 0.29) is 28.5 Å². The summed E-state index contributed by atoms with van der Waals surface area (Å²) in [6.07, 6.45) is 17.1. The summed E-state index contributed by atoms with van der Waals surface area (Å²) >= 11 is 0. The average Bonchev–Trinajstić information content (AvgIpc) is 2.78. The van der Waals surface area contributed by atoms with Gasteiger partial charge >= 0.3 is 23.1 Å². The summed E-state index contributed by atoms with van der Waals surface area (Å²) in [7, 11) is 0. The van der Waals surface area contributed by atoms with Gasteiger partial charge in [-0.15, -0.1) is 0 Å². The minimum absolute atomic E-state index is 0. The maximum absolute atomic E-state index is 2.26. The van der Waals surface area contributed by atoms with Crippen molar-refractivity contribution in [2.24, 2.45) is 5.41 Å². The smallest absolute Gasteiger partial charge is 0.0588 e. The monoisotopic (exact) mass is 194 g/mol. The molecule has 0 aromatic heterocycles. The molecule has 2 aliphatic carbocycles. The molecule has 0 bridgehead atoms. The van der Waals surface area contributed by atoms with Crippen molar-refractivity contribution in [1.29, 1.82) is 0 Å². The van der Waals surface area contributed by atoms with E-state index in [2.05, 4.69) is 65.2 Å². The van der Waals surface area contributed by atoms with E-state index in [0.717, 1.165) is 0 Å². The van der Waals surface area contributed by atoms with Crippen LogP contribution >= 0.6 is 0 Å². The summed E-state index contributed by atoms with van der Waals surface area (Å²) in [6, 6.07) is 0. The second-order valence-electron chi connectivity index (χ2n) is 3.97. The molecule has 0 aromatic rings. The fraction of sp³-hybridized carbons (Fsp3) is 0.231. The van der Waals surface area contributed by atoms with Crippen LogP contribution in [-0.4, -0.2) is 23.1 Å². The van der Waals surface area contributed by atoms with Gasteiger partial charge < -0.3 is 0 Å². The Morgan fingerprint density at radius 2 is 1.00 bits per heavy atom. The Balaban J connectivity index is 0.000000980. The zero-order chi connectivity index (χ0) is 9.31. The minimum atomic E-state index is 0. The number of rotatable bonds is 2. The molecule has 1 heteroatoms. The Labute approximate surface area is 105 Å². The van der Waals surface area contributed by atoms with Gasteiger partial charge in [0.1, 0.15) is 0 Å². The van der Waals surface area contributed by atoms with Crippen LogP contribution in [0, 0.1) is 68.6 Å². The number of hydrogen-bond donors (Lipinski definition) is 0. The van der Waals surface area contributed by atoms with E-state index in [1.165, 1.54) is 11.8 Å². The number of hydrogen-bond acceptors (Lipinski definition) is 0. The molecule has 2 rings (SSSR count). The van der Waals surface area contributed by atoms with Gasteiger partial charge in [-0.3, -0.25) is 0 Å². The van der Waals surface area contributed by atoms with Gasteiger partial charge in [0.25, 0.3) is 0 Å². The Kier molecular flexibility index (Phi) is 4.77. The first-order valence-corrected chi connectivity index (χ1v) is 4.65. The van der Waals surface area contributed by atoms with Crippen LogP contribution in [0.15, 0.2) is 0 Å². The van der Waals surface area contributed by atoms with Gasteiger partial charge in [-0.05, 0) is 68.6 Å². The third kappa shape index (κ3) is 2.47. The van der Waals surface area contributed by atoms with Crippen LogP contribution in [0.25, 0.3) is 0 Å². The summed E-state index contributed by atoms with van der Waals surface area (Å²) in [4.78, 5) is 0. The van der Waals surface area contributed by atoms with E-state index in [1.54, 1.807) is 0 Å². The van der Waals surface area contributed by atoms with Gasteiger partial charge in [0.15, 0.2) is 0 Å². The zero-order valence-electron chi connectivity index (χ0n) is 8.83. The fourth-order valence-electron chi connectivity index (χ4n) is 1.75. The molecule has 0 N–H and O–H groups in total. The molecular weight excluding hydrogens is 180 g/mol. The maximum Gasteiger partial charge on any atom is 2.00 e. The summed E-state index contributed by atoms with van der Waals surface area (Å²) in [6.45, 7) is 4.52. The molecule has 0 amide bonds. The Morgan fingerprint density at radius 3 is 1.29 bits per heavy atom. The van der Waals surface area contributed by atoms with Gasteiger partial charge in [0, 0.05) is 0 Å². The zero-order valence-corrected chi connectivity index (χ0v) is 10.2. The van der Waals surface area contributed by atoms with Crippen molar-refractivity contribution in [3.05, 3.63) is 63.2 Å². The van der Waals surface area contributed by atoms with Crippen LogP contribution in [0.4, 0.5) is 0 Å². The maximum atomic E-state index is 2.26. The quantitative estimate of drug-likeness (QED) is 0.593. The van der Waals surface area contributed by atoms with E-state index >= 15 is 0 Å². The fourth-order valence-corrected chi connectivity index (χ4v) is 1.75. The molecule has 0 atom stereocenters. The van der Waals surface area contributed by atoms with Gasteiger partial charge in [0.05, 0.1) is 0 Å². The first-order valence-electron chi connectivity index (χ1n) is 4.65. The molecule has 0 heterocycles. The molecule has 0 aliphatic heterocycles. The molecule has 0 unspecified atom stereocenters. The summed E-state index contributed by atoms with van der Waals surface area (Å²) in [5, 5.41) is 0. The molecule has 66 valence electrons. The molecule has 0 nitrogen and oxygen atoms in total. The predicted octanol–water partition coefficient (Wildman–Crippen LogP) is 2.44. The SMILES string of the molecule is CC(C)([C]1[CH][CH][CH][CH]1)[C]1[CH][CH][CH][CH]1.[Mg+2]. The van der Waals surface area contributed by atoms with Gasteiger partial charge in [0.2, 0.25) is 0 Å². The van der Waals surface area contributed by atoms with Crippen LogP contribution in [-0.2, 0) is 0 Å². The topological polar surface area (TPSA) is 0 Å². The molecular formula is C13H14Mg+2. The largest absolute Gasteiger partial charge is 2.00 e. The second-order valence-corrected chi connectivity index (χ2v) is 3.97. The standard InChI is InChI=1S/C13H14.Mg/c1-13(2,11-7-3-4-8-11)12-9-5-6-10-12;/h3-10H,1-2H3;/q;+2. The molecule has 10 radical (unpaired) electrons. The average molecular weight is 195 g/mol. The summed E-state index contributed by atoms with van der Waals surface area (Å²) in [5.74, 6) is 2.78. The van der Waals surface area contributed by atoms with Crippen molar-refractivity contribution in [1.82, 2.24) is 0 Å². The van der Waals surface area contributed by atoms with E-state index in [9.17, 15) is 0 Å². The van der Waals surface area contributed by atoms with Crippen LogP contribution < -0.4 is 0 Å². The first-order chi connectivity index (χ1) is 6.21.